The summed E-state index contributed by atoms with van der Waals surface area (Å²) in [6.07, 6.45) is 6.97. The Morgan fingerprint density at radius 3 is 2.33 bits per heavy atom. The molecule has 1 aliphatic rings. The van der Waals surface area contributed by atoms with Crippen molar-refractivity contribution in [3.05, 3.63) is 0 Å². The minimum atomic E-state index is -0.221. The smallest absolute Gasteiger partial charge is 0.0672 e. The number of hydrogen-bond donors (Lipinski definition) is 2. The molecule has 3 nitrogen and oxygen atoms in total. The molecule has 1 rings (SSSR count). The Bertz CT molecular complexity index is 176. The van der Waals surface area contributed by atoms with Crippen molar-refractivity contribution in [3.8, 4) is 0 Å². The number of nitrogens with zero attached hydrogens (tertiary/aromatic N) is 1. The van der Waals surface area contributed by atoms with Gasteiger partial charge in [-0.1, -0.05) is 19.3 Å². The third-order valence-corrected chi connectivity index (χ3v) is 3.59. The molecule has 0 bridgehead atoms. The number of aliphatic hydroxyl groups is 1. The zero-order valence-corrected chi connectivity index (χ0v) is 10.2. The first-order chi connectivity index (χ1) is 7.08. The Balaban J connectivity index is 2.43. The molecule has 90 valence electrons. The Morgan fingerprint density at radius 2 is 1.87 bits per heavy atom. The van der Waals surface area contributed by atoms with Crippen LogP contribution in [0, 0.1) is 5.41 Å². The molecule has 15 heavy (non-hydrogen) atoms. The topological polar surface area (TPSA) is 49.5 Å². The van der Waals surface area contributed by atoms with E-state index in [1.165, 1.54) is 32.1 Å². The van der Waals surface area contributed by atoms with Gasteiger partial charge in [0.15, 0.2) is 0 Å². The summed E-state index contributed by atoms with van der Waals surface area (Å²) in [5.41, 5.74) is 6.12. The quantitative estimate of drug-likeness (QED) is 0.723. The first-order valence-electron chi connectivity index (χ1n) is 6.11. The molecular formula is C12H26N2O. The lowest BCUT2D eigenvalue weighted by Crippen LogP contribution is -2.39. The Labute approximate surface area is 93.6 Å². The first-order valence-corrected chi connectivity index (χ1v) is 6.11. The van der Waals surface area contributed by atoms with E-state index in [1.807, 2.05) is 19.0 Å². The van der Waals surface area contributed by atoms with Gasteiger partial charge in [0.1, 0.15) is 0 Å². The van der Waals surface area contributed by atoms with Gasteiger partial charge in [-0.15, -0.1) is 0 Å². The van der Waals surface area contributed by atoms with Crippen LogP contribution in [0.3, 0.4) is 0 Å². The van der Waals surface area contributed by atoms with Crippen LogP contribution in [-0.4, -0.2) is 43.3 Å². The van der Waals surface area contributed by atoms with Crippen molar-refractivity contribution in [2.45, 2.75) is 44.6 Å². The number of likely N-dealkylation sites (N-methyl/N-ethyl adjacent to an activating group) is 1. The molecule has 0 aliphatic heterocycles. The van der Waals surface area contributed by atoms with Crippen molar-refractivity contribution < 1.29 is 5.11 Å². The molecule has 1 aliphatic carbocycles. The maximum Gasteiger partial charge on any atom is 0.0672 e. The number of hydrogen-bond acceptors (Lipinski definition) is 3. The van der Waals surface area contributed by atoms with Gasteiger partial charge in [-0.3, -0.25) is 0 Å². The van der Waals surface area contributed by atoms with E-state index in [4.69, 9.17) is 5.73 Å². The molecule has 1 fully saturated rings. The van der Waals surface area contributed by atoms with Crippen LogP contribution < -0.4 is 5.73 Å². The fourth-order valence-electron chi connectivity index (χ4n) is 2.78. The van der Waals surface area contributed by atoms with E-state index in [9.17, 15) is 5.11 Å². The summed E-state index contributed by atoms with van der Waals surface area (Å²) >= 11 is 0. The van der Waals surface area contributed by atoms with Gasteiger partial charge in [0, 0.05) is 6.54 Å². The van der Waals surface area contributed by atoms with Gasteiger partial charge in [-0.05, 0) is 45.3 Å². The number of rotatable bonds is 5. The van der Waals surface area contributed by atoms with Gasteiger partial charge >= 0.3 is 0 Å². The second-order valence-corrected chi connectivity index (χ2v) is 5.38. The molecule has 0 aromatic carbocycles. The van der Waals surface area contributed by atoms with Crippen LogP contribution in [0.15, 0.2) is 0 Å². The van der Waals surface area contributed by atoms with Crippen molar-refractivity contribution in [2.24, 2.45) is 11.1 Å². The van der Waals surface area contributed by atoms with Gasteiger partial charge in [0.05, 0.1) is 6.10 Å². The molecule has 0 aromatic heterocycles. The lowest BCUT2D eigenvalue weighted by Gasteiger charge is -2.38. The second kappa shape index (κ2) is 5.83. The highest BCUT2D eigenvalue weighted by Gasteiger charge is 2.32. The highest BCUT2D eigenvalue weighted by Crippen LogP contribution is 2.39. The van der Waals surface area contributed by atoms with Gasteiger partial charge < -0.3 is 15.7 Å². The Morgan fingerprint density at radius 1 is 1.27 bits per heavy atom. The summed E-state index contributed by atoms with van der Waals surface area (Å²) in [4.78, 5) is 2.04. The lowest BCUT2D eigenvalue weighted by atomic mass is 9.70. The first kappa shape index (κ1) is 12.9. The van der Waals surface area contributed by atoms with E-state index in [0.717, 1.165) is 19.5 Å². The minimum absolute atomic E-state index is 0.221. The van der Waals surface area contributed by atoms with Crippen LogP contribution in [0.1, 0.15) is 38.5 Å². The zero-order valence-electron chi connectivity index (χ0n) is 10.2. The summed E-state index contributed by atoms with van der Waals surface area (Å²) in [5, 5.41) is 9.97. The van der Waals surface area contributed by atoms with Crippen LogP contribution in [0.25, 0.3) is 0 Å². The predicted molar refractivity (Wildman–Crippen MR) is 63.8 cm³/mol. The monoisotopic (exact) mass is 214 g/mol. The third-order valence-electron chi connectivity index (χ3n) is 3.59. The van der Waals surface area contributed by atoms with Crippen LogP contribution in [-0.2, 0) is 0 Å². The van der Waals surface area contributed by atoms with Gasteiger partial charge in [0.2, 0.25) is 0 Å². The second-order valence-electron chi connectivity index (χ2n) is 5.38. The Hall–Kier alpha value is -0.120. The van der Waals surface area contributed by atoms with Gasteiger partial charge in [0.25, 0.3) is 0 Å². The highest BCUT2D eigenvalue weighted by atomic mass is 16.3. The minimum Gasteiger partial charge on any atom is -0.392 e. The van der Waals surface area contributed by atoms with E-state index >= 15 is 0 Å². The largest absolute Gasteiger partial charge is 0.392 e. The average molecular weight is 214 g/mol. The summed E-state index contributed by atoms with van der Waals surface area (Å²) in [6.45, 7) is 1.49. The van der Waals surface area contributed by atoms with Crippen LogP contribution in [0.2, 0.25) is 0 Å². The normalized spacial score (nSPS) is 23.0. The molecule has 0 amide bonds. The summed E-state index contributed by atoms with van der Waals surface area (Å²) < 4.78 is 0. The van der Waals surface area contributed by atoms with E-state index < -0.39 is 0 Å². The van der Waals surface area contributed by atoms with E-state index in [0.29, 0.717) is 0 Å². The predicted octanol–water partition coefficient (Wildman–Crippen LogP) is 1.21. The molecule has 1 atom stereocenters. The van der Waals surface area contributed by atoms with E-state index in [1.54, 1.807) is 0 Å². The lowest BCUT2D eigenvalue weighted by molar-refractivity contribution is 0.0576. The average Bonchev–Trinajstić information content (AvgIpc) is 2.17. The molecule has 0 aromatic rings. The van der Waals surface area contributed by atoms with Crippen LogP contribution in [0.5, 0.6) is 0 Å². The molecule has 0 saturated heterocycles. The molecule has 3 heteroatoms. The SMILES string of the molecule is CN(C)CC(O)CC1(CN)CCCCC1. The van der Waals surface area contributed by atoms with E-state index in [-0.39, 0.29) is 11.5 Å². The van der Waals surface area contributed by atoms with Gasteiger partial charge in [-0.2, -0.15) is 0 Å². The molecule has 3 N–H and O–H groups in total. The maximum atomic E-state index is 9.97. The van der Waals surface area contributed by atoms with Crippen molar-refractivity contribution in [2.75, 3.05) is 27.2 Å². The molecular weight excluding hydrogens is 188 g/mol. The summed E-state index contributed by atoms with van der Waals surface area (Å²) in [7, 11) is 4.00. The molecule has 0 spiro atoms. The summed E-state index contributed by atoms with van der Waals surface area (Å²) in [5.74, 6) is 0. The fraction of sp³-hybridized carbons (Fsp3) is 1.00. The standard InChI is InChI=1S/C12H26N2O/c1-14(2)9-11(15)8-12(10-13)6-4-3-5-7-12/h11,15H,3-10,13H2,1-2H3. The van der Waals surface area contributed by atoms with Gasteiger partial charge in [-0.25, -0.2) is 0 Å². The van der Waals surface area contributed by atoms with Crippen molar-refractivity contribution >= 4 is 0 Å². The van der Waals surface area contributed by atoms with Crippen molar-refractivity contribution in [1.29, 1.82) is 0 Å². The third kappa shape index (κ3) is 4.09. The maximum absolute atomic E-state index is 9.97. The number of aliphatic hydroxyl groups excluding tert-OH is 1. The van der Waals surface area contributed by atoms with E-state index in [2.05, 4.69) is 0 Å². The van der Waals surface area contributed by atoms with Crippen LogP contribution in [0.4, 0.5) is 0 Å². The zero-order chi connectivity index (χ0) is 11.3. The highest BCUT2D eigenvalue weighted by molar-refractivity contribution is 4.86. The van der Waals surface area contributed by atoms with Crippen molar-refractivity contribution in [3.63, 3.8) is 0 Å². The molecule has 0 heterocycles. The Kier molecular flexibility index (Phi) is 5.03. The molecule has 1 unspecified atom stereocenters. The number of nitrogens with two attached hydrogens (primary N) is 1. The van der Waals surface area contributed by atoms with Crippen molar-refractivity contribution in [1.82, 2.24) is 4.90 Å². The van der Waals surface area contributed by atoms with Crippen LogP contribution >= 0.6 is 0 Å². The fourth-order valence-corrected chi connectivity index (χ4v) is 2.78. The summed E-state index contributed by atoms with van der Waals surface area (Å²) in [6, 6.07) is 0. The molecule has 0 radical (unpaired) electrons. The molecule has 1 saturated carbocycles.